The molecule has 1 fully saturated rings. The van der Waals surface area contributed by atoms with Crippen molar-refractivity contribution in [1.82, 2.24) is 15.3 Å². The van der Waals surface area contributed by atoms with E-state index in [9.17, 15) is 4.79 Å². The molecule has 2 rings (SSSR count). The van der Waals surface area contributed by atoms with Gasteiger partial charge in [0, 0.05) is 38.3 Å². The average molecular weight is 305 g/mol. The van der Waals surface area contributed by atoms with Gasteiger partial charge in [0.25, 0.3) is 0 Å². The topological polar surface area (TPSA) is 70.2 Å². The summed E-state index contributed by atoms with van der Waals surface area (Å²) in [4.78, 5) is 22.5. The minimum Gasteiger partial charge on any atom is -0.354 e. The number of nitrogens with zero attached hydrogens (tertiary/aromatic N) is 3. The van der Waals surface area contributed by atoms with Crippen molar-refractivity contribution in [2.24, 2.45) is 5.41 Å². The molecule has 22 heavy (non-hydrogen) atoms. The van der Waals surface area contributed by atoms with Crippen molar-refractivity contribution < 1.29 is 4.79 Å². The zero-order valence-electron chi connectivity index (χ0n) is 14.0. The first kappa shape index (κ1) is 16.5. The first-order valence-electron chi connectivity index (χ1n) is 7.98. The van der Waals surface area contributed by atoms with E-state index in [1.807, 2.05) is 13.0 Å². The molecule has 0 aromatic carbocycles. The molecule has 0 bridgehead atoms. The number of amides is 1. The molecule has 0 radical (unpaired) electrons. The zero-order chi connectivity index (χ0) is 16.2. The summed E-state index contributed by atoms with van der Waals surface area (Å²) in [7, 11) is 0. The maximum Gasteiger partial charge on any atom is 0.224 e. The van der Waals surface area contributed by atoms with Gasteiger partial charge in [-0.25, -0.2) is 4.98 Å². The predicted molar refractivity (Wildman–Crippen MR) is 89.0 cm³/mol. The van der Waals surface area contributed by atoms with Crippen LogP contribution in [0.15, 0.2) is 12.3 Å². The van der Waals surface area contributed by atoms with Gasteiger partial charge in [0.2, 0.25) is 11.9 Å². The van der Waals surface area contributed by atoms with Crippen molar-refractivity contribution in [3.63, 3.8) is 0 Å². The molecule has 1 atom stereocenters. The summed E-state index contributed by atoms with van der Waals surface area (Å²) in [6.07, 6.45) is 3.27. The molecule has 122 valence electrons. The molecule has 1 aromatic heterocycles. The lowest BCUT2D eigenvalue weighted by molar-refractivity contribution is -0.121. The Kier molecular flexibility index (Phi) is 5.21. The SMILES string of the molecule is CCC(=O)N[C@@H]1CCN(c2ccnc(NCC(C)(C)C)n2)C1. The van der Waals surface area contributed by atoms with Crippen LogP contribution in [0.2, 0.25) is 0 Å². The van der Waals surface area contributed by atoms with E-state index >= 15 is 0 Å². The molecular weight excluding hydrogens is 278 g/mol. The van der Waals surface area contributed by atoms with Gasteiger partial charge in [0.15, 0.2) is 0 Å². The lowest BCUT2D eigenvalue weighted by Crippen LogP contribution is -2.36. The Labute approximate surface area is 132 Å². The van der Waals surface area contributed by atoms with Crippen LogP contribution < -0.4 is 15.5 Å². The maximum absolute atomic E-state index is 11.5. The van der Waals surface area contributed by atoms with Crippen LogP contribution in [-0.4, -0.2) is 41.6 Å². The molecule has 1 amide bonds. The van der Waals surface area contributed by atoms with E-state index in [1.165, 1.54) is 0 Å². The van der Waals surface area contributed by atoms with E-state index in [0.29, 0.717) is 12.4 Å². The van der Waals surface area contributed by atoms with Crippen molar-refractivity contribution in [2.75, 3.05) is 29.9 Å². The Bertz CT molecular complexity index is 512. The molecular formula is C16H27N5O. The van der Waals surface area contributed by atoms with Gasteiger partial charge in [0.1, 0.15) is 5.82 Å². The zero-order valence-corrected chi connectivity index (χ0v) is 14.0. The molecule has 1 aliphatic rings. The minimum absolute atomic E-state index is 0.113. The van der Waals surface area contributed by atoms with E-state index in [1.54, 1.807) is 6.20 Å². The minimum atomic E-state index is 0.113. The van der Waals surface area contributed by atoms with Crippen LogP contribution in [0, 0.1) is 5.41 Å². The maximum atomic E-state index is 11.5. The second-order valence-corrected chi connectivity index (χ2v) is 7.01. The monoisotopic (exact) mass is 305 g/mol. The van der Waals surface area contributed by atoms with Gasteiger partial charge in [0.05, 0.1) is 0 Å². The van der Waals surface area contributed by atoms with E-state index < -0.39 is 0 Å². The van der Waals surface area contributed by atoms with Crippen LogP contribution in [0.4, 0.5) is 11.8 Å². The summed E-state index contributed by atoms with van der Waals surface area (Å²) < 4.78 is 0. The van der Waals surface area contributed by atoms with Crippen molar-refractivity contribution >= 4 is 17.7 Å². The Morgan fingerprint density at radius 2 is 2.23 bits per heavy atom. The van der Waals surface area contributed by atoms with Crippen LogP contribution in [-0.2, 0) is 4.79 Å². The lowest BCUT2D eigenvalue weighted by atomic mass is 9.97. The number of carbonyl (C=O) groups excluding carboxylic acids is 1. The smallest absolute Gasteiger partial charge is 0.224 e. The highest BCUT2D eigenvalue weighted by Crippen LogP contribution is 2.20. The van der Waals surface area contributed by atoms with Crippen molar-refractivity contribution in [2.45, 2.75) is 46.6 Å². The van der Waals surface area contributed by atoms with E-state index in [4.69, 9.17) is 0 Å². The van der Waals surface area contributed by atoms with Crippen LogP contribution in [0.25, 0.3) is 0 Å². The van der Waals surface area contributed by atoms with Crippen LogP contribution in [0.1, 0.15) is 40.5 Å². The number of nitrogens with one attached hydrogen (secondary N) is 2. The van der Waals surface area contributed by atoms with Gasteiger partial charge < -0.3 is 15.5 Å². The van der Waals surface area contributed by atoms with Crippen molar-refractivity contribution in [3.8, 4) is 0 Å². The van der Waals surface area contributed by atoms with Gasteiger partial charge >= 0.3 is 0 Å². The second kappa shape index (κ2) is 6.94. The molecule has 1 aliphatic heterocycles. The van der Waals surface area contributed by atoms with Gasteiger partial charge in [-0.2, -0.15) is 4.98 Å². The Morgan fingerprint density at radius 3 is 2.91 bits per heavy atom. The van der Waals surface area contributed by atoms with Gasteiger partial charge in [-0.15, -0.1) is 0 Å². The first-order chi connectivity index (χ1) is 10.4. The van der Waals surface area contributed by atoms with Crippen molar-refractivity contribution in [3.05, 3.63) is 12.3 Å². The number of anilines is 2. The molecule has 0 unspecified atom stereocenters. The molecule has 0 spiro atoms. The Balaban J connectivity index is 1.94. The fraction of sp³-hybridized carbons (Fsp3) is 0.688. The number of hydrogen-bond acceptors (Lipinski definition) is 5. The van der Waals surface area contributed by atoms with Crippen LogP contribution in [0.3, 0.4) is 0 Å². The fourth-order valence-electron chi connectivity index (χ4n) is 2.37. The number of rotatable bonds is 5. The van der Waals surface area contributed by atoms with Crippen molar-refractivity contribution in [1.29, 1.82) is 0 Å². The van der Waals surface area contributed by atoms with Crippen LogP contribution >= 0.6 is 0 Å². The summed E-state index contributed by atoms with van der Waals surface area (Å²) in [6.45, 7) is 10.9. The summed E-state index contributed by atoms with van der Waals surface area (Å²) >= 11 is 0. The highest BCUT2D eigenvalue weighted by atomic mass is 16.1. The molecule has 1 saturated heterocycles. The summed E-state index contributed by atoms with van der Waals surface area (Å²) in [6, 6.07) is 2.14. The van der Waals surface area contributed by atoms with Crippen LogP contribution in [0.5, 0.6) is 0 Å². The van der Waals surface area contributed by atoms with E-state index in [0.717, 1.165) is 31.9 Å². The highest BCUT2D eigenvalue weighted by molar-refractivity contribution is 5.76. The third-order valence-electron chi connectivity index (χ3n) is 3.62. The third-order valence-corrected chi connectivity index (χ3v) is 3.62. The van der Waals surface area contributed by atoms with Gasteiger partial charge in [-0.1, -0.05) is 27.7 Å². The second-order valence-electron chi connectivity index (χ2n) is 7.01. The van der Waals surface area contributed by atoms with Gasteiger partial charge in [-0.05, 0) is 17.9 Å². The molecule has 2 heterocycles. The standard InChI is InChI=1S/C16H27N5O/c1-5-14(22)19-12-7-9-21(10-12)13-6-8-17-15(20-13)18-11-16(2,3)4/h6,8,12H,5,7,9-11H2,1-4H3,(H,19,22)(H,17,18,20)/t12-/m1/s1. The molecule has 0 saturated carbocycles. The summed E-state index contributed by atoms with van der Waals surface area (Å²) in [5, 5.41) is 6.33. The molecule has 6 heteroatoms. The van der Waals surface area contributed by atoms with Gasteiger partial charge in [-0.3, -0.25) is 4.79 Å². The average Bonchev–Trinajstić information content (AvgIpc) is 2.93. The number of aromatic nitrogens is 2. The van der Waals surface area contributed by atoms with E-state index in [2.05, 4.69) is 46.3 Å². The fourth-order valence-corrected chi connectivity index (χ4v) is 2.37. The largest absolute Gasteiger partial charge is 0.354 e. The summed E-state index contributed by atoms with van der Waals surface area (Å²) in [5.41, 5.74) is 0.183. The molecule has 2 N–H and O–H groups in total. The Morgan fingerprint density at radius 1 is 1.45 bits per heavy atom. The molecule has 6 nitrogen and oxygen atoms in total. The molecule has 1 aromatic rings. The third kappa shape index (κ3) is 4.86. The molecule has 0 aliphatic carbocycles. The predicted octanol–water partition coefficient (Wildman–Crippen LogP) is 2.04. The quantitative estimate of drug-likeness (QED) is 0.871. The number of hydrogen-bond donors (Lipinski definition) is 2. The Hall–Kier alpha value is -1.85. The number of carbonyl (C=O) groups is 1. The lowest BCUT2D eigenvalue weighted by Gasteiger charge is -2.21. The summed E-state index contributed by atoms with van der Waals surface area (Å²) in [5.74, 6) is 1.69. The normalized spacial score (nSPS) is 18.4. The highest BCUT2D eigenvalue weighted by Gasteiger charge is 2.24. The van der Waals surface area contributed by atoms with E-state index in [-0.39, 0.29) is 17.4 Å². The first-order valence-corrected chi connectivity index (χ1v) is 7.98.